The predicted molar refractivity (Wildman–Crippen MR) is 75.9 cm³/mol. The standard InChI is InChI=1S/C15H16O4S/c1-9-8-13(4-5-14(9)17)20(18,19)15-10(2)6-12(16)7-11(15)3/h4-8,16-17H,1-3H3. The van der Waals surface area contributed by atoms with Gasteiger partial charge in [0.2, 0.25) is 9.84 Å². The van der Waals surface area contributed by atoms with Gasteiger partial charge in [0, 0.05) is 0 Å². The number of aromatic hydroxyl groups is 2. The molecule has 0 spiro atoms. The molecule has 0 saturated heterocycles. The van der Waals surface area contributed by atoms with Crippen molar-refractivity contribution in [3.8, 4) is 11.5 Å². The minimum atomic E-state index is -3.68. The topological polar surface area (TPSA) is 74.6 Å². The molecule has 0 amide bonds. The van der Waals surface area contributed by atoms with Gasteiger partial charge in [0.25, 0.3) is 0 Å². The van der Waals surface area contributed by atoms with Crippen LogP contribution in [-0.2, 0) is 9.84 Å². The first-order valence-corrected chi connectivity index (χ1v) is 7.56. The van der Waals surface area contributed by atoms with E-state index in [9.17, 15) is 18.6 Å². The van der Waals surface area contributed by atoms with E-state index in [0.717, 1.165) is 0 Å². The Labute approximate surface area is 118 Å². The Morgan fingerprint density at radius 3 is 1.90 bits per heavy atom. The van der Waals surface area contributed by atoms with Gasteiger partial charge < -0.3 is 10.2 Å². The number of phenols is 2. The predicted octanol–water partition coefficient (Wildman–Crippen LogP) is 2.86. The third-order valence-electron chi connectivity index (χ3n) is 3.19. The van der Waals surface area contributed by atoms with Crippen LogP contribution >= 0.6 is 0 Å². The molecule has 0 aliphatic rings. The first kappa shape index (κ1) is 14.4. The van der Waals surface area contributed by atoms with E-state index in [0.29, 0.717) is 16.7 Å². The Balaban J connectivity index is 2.70. The van der Waals surface area contributed by atoms with Crippen molar-refractivity contribution in [2.24, 2.45) is 0 Å². The number of sulfone groups is 1. The molecule has 2 aromatic carbocycles. The van der Waals surface area contributed by atoms with E-state index in [-0.39, 0.29) is 21.3 Å². The quantitative estimate of drug-likeness (QED) is 0.892. The van der Waals surface area contributed by atoms with Gasteiger partial charge in [0.15, 0.2) is 0 Å². The third-order valence-corrected chi connectivity index (χ3v) is 5.25. The van der Waals surface area contributed by atoms with Gasteiger partial charge in [-0.3, -0.25) is 0 Å². The smallest absolute Gasteiger partial charge is 0.207 e. The summed E-state index contributed by atoms with van der Waals surface area (Å²) in [6, 6.07) is 7.04. The van der Waals surface area contributed by atoms with Crippen LogP contribution in [0.2, 0.25) is 0 Å². The highest BCUT2D eigenvalue weighted by atomic mass is 32.2. The molecule has 2 aromatic rings. The third kappa shape index (κ3) is 2.36. The molecular weight excluding hydrogens is 276 g/mol. The normalized spacial score (nSPS) is 11.6. The van der Waals surface area contributed by atoms with Crippen LogP contribution in [0.4, 0.5) is 0 Å². The molecule has 2 rings (SSSR count). The van der Waals surface area contributed by atoms with E-state index in [1.165, 1.54) is 30.3 Å². The minimum absolute atomic E-state index is 0.0424. The average molecular weight is 292 g/mol. The molecule has 0 atom stereocenters. The largest absolute Gasteiger partial charge is 0.508 e. The molecule has 0 unspecified atom stereocenters. The molecule has 0 radical (unpaired) electrons. The fourth-order valence-electron chi connectivity index (χ4n) is 2.26. The highest BCUT2D eigenvalue weighted by molar-refractivity contribution is 7.91. The van der Waals surface area contributed by atoms with Crippen LogP contribution < -0.4 is 0 Å². The van der Waals surface area contributed by atoms with E-state index in [2.05, 4.69) is 0 Å². The molecule has 106 valence electrons. The Hall–Kier alpha value is -2.01. The van der Waals surface area contributed by atoms with E-state index in [4.69, 9.17) is 0 Å². The van der Waals surface area contributed by atoms with E-state index in [1.807, 2.05) is 0 Å². The monoisotopic (exact) mass is 292 g/mol. The summed E-state index contributed by atoms with van der Waals surface area (Å²) in [6.07, 6.45) is 0. The lowest BCUT2D eigenvalue weighted by Gasteiger charge is -2.12. The van der Waals surface area contributed by atoms with Crippen LogP contribution in [0.5, 0.6) is 11.5 Å². The number of benzene rings is 2. The fraction of sp³-hybridized carbons (Fsp3) is 0.200. The van der Waals surface area contributed by atoms with Gasteiger partial charge >= 0.3 is 0 Å². The van der Waals surface area contributed by atoms with Gasteiger partial charge in [-0.1, -0.05) is 0 Å². The maximum Gasteiger partial charge on any atom is 0.207 e. The Bertz CT molecular complexity index is 753. The molecule has 0 fully saturated rings. The lowest BCUT2D eigenvalue weighted by molar-refractivity contribution is 0.470. The number of hydrogen-bond donors (Lipinski definition) is 2. The van der Waals surface area contributed by atoms with Crippen molar-refractivity contribution in [1.82, 2.24) is 0 Å². The average Bonchev–Trinajstić information content (AvgIpc) is 2.30. The zero-order chi connectivity index (χ0) is 15.1. The lowest BCUT2D eigenvalue weighted by Crippen LogP contribution is -2.06. The summed E-state index contributed by atoms with van der Waals surface area (Å²) in [6.45, 7) is 4.94. The summed E-state index contributed by atoms with van der Waals surface area (Å²) in [5.74, 6) is 0.101. The minimum Gasteiger partial charge on any atom is -0.508 e. The van der Waals surface area contributed by atoms with Crippen LogP contribution in [0, 0.1) is 20.8 Å². The summed E-state index contributed by atoms with van der Waals surface area (Å²) in [7, 11) is -3.68. The zero-order valence-electron chi connectivity index (χ0n) is 11.5. The Morgan fingerprint density at radius 1 is 0.850 bits per heavy atom. The second-order valence-electron chi connectivity index (χ2n) is 4.86. The molecule has 4 nitrogen and oxygen atoms in total. The molecule has 20 heavy (non-hydrogen) atoms. The van der Waals surface area contributed by atoms with Crippen LogP contribution in [0.25, 0.3) is 0 Å². The molecular formula is C15H16O4S. The lowest BCUT2D eigenvalue weighted by atomic mass is 10.1. The number of hydrogen-bond acceptors (Lipinski definition) is 4. The number of aryl methyl sites for hydroxylation is 3. The summed E-state index contributed by atoms with van der Waals surface area (Å²) < 4.78 is 25.4. The molecule has 5 heteroatoms. The molecule has 0 aromatic heterocycles. The first-order valence-electron chi connectivity index (χ1n) is 6.08. The second kappa shape index (κ2) is 4.83. The molecule has 0 aliphatic carbocycles. The molecule has 0 bridgehead atoms. The highest BCUT2D eigenvalue weighted by Crippen LogP contribution is 2.31. The van der Waals surface area contributed by atoms with Gasteiger partial charge in [-0.2, -0.15) is 0 Å². The van der Waals surface area contributed by atoms with E-state index < -0.39 is 9.84 Å². The van der Waals surface area contributed by atoms with Crippen LogP contribution in [0.1, 0.15) is 16.7 Å². The van der Waals surface area contributed by atoms with Gasteiger partial charge in [-0.15, -0.1) is 0 Å². The number of phenolic OH excluding ortho intramolecular Hbond substituents is 2. The van der Waals surface area contributed by atoms with Gasteiger partial charge in [-0.25, -0.2) is 8.42 Å². The van der Waals surface area contributed by atoms with Crippen molar-refractivity contribution in [2.45, 2.75) is 30.6 Å². The van der Waals surface area contributed by atoms with E-state index >= 15 is 0 Å². The van der Waals surface area contributed by atoms with Gasteiger partial charge in [0.1, 0.15) is 11.5 Å². The maximum atomic E-state index is 12.7. The summed E-state index contributed by atoms with van der Waals surface area (Å²) in [4.78, 5) is 0.324. The molecule has 0 heterocycles. The molecule has 0 saturated carbocycles. The summed E-state index contributed by atoms with van der Waals surface area (Å²) in [5, 5.41) is 19.0. The van der Waals surface area contributed by atoms with Crippen molar-refractivity contribution in [1.29, 1.82) is 0 Å². The van der Waals surface area contributed by atoms with Crippen molar-refractivity contribution in [2.75, 3.05) is 0 Å². The van der Waals surface area contributed by atoms with Crippen molar-refractivity contribution in [3.63, 3.8) is 0 Å². The fourth-order valence-corrected chi connectivity index (χ4v) is 4.04. The second-order valence-corrected chi connectivity index (χ2v) is 6.75. The number of rotatable bonds is 2. The SMILES string of the molecule is Cc1cc(S(=O)(=O)c2c(C)cc(O)cc2C)ccc1O. The highest BCUT2D eigenvalue weighted by Gasteiger charge is 2.23. The van der Waals surface area contributed by atoms with Gasteiger partial charge in [0.05, 0.1) is 9.79 Å². The van der Waals surface area contributed by atoms with Crippen molar-refractivity contribution in [3.05, 3.63) is 47.0 Å². The summed E-state index contributed by atoms with van der Waals surface area (Å²) >= 11 is 0. The van der Waals surface area contributed by atoms with Crippen LogP contribution in [-0.4, -0.2) is 18.6 Å². The Morgan fingerprint density at radius 2 is 1.40 bits per heavy atom. The van der Waals surface area contributed by atoms with Gasteiger partial charge in [-0.05, 0) is 67.8 Å². The van der Waals surface area contributed by atoms with Crippen molar-refractivity contribution >= 4 is 9.84 Å². The van der Waals surface area contributed by atoms with Crippen LogP contribution in [0.3, 0.4) is 0 Å². The first-order chi connectivity index (χ1) is 9.23. The maximum absolute atomic E-state index is 12.7. The molecule has 2 N–H and O–H groups in total. The van der Waals surface area contributed by atoms with Crippen LogP contribution in [0.15, 0.2) is 40.1 Å². The van der Waals surface area contributed by atoms with Crippen molar-refractivity contribution < 1.29 is 18.6 Å². The molecule has 0 aliphatic heterocycles. The Kier molecular flexibility index (Phi) is 3.48. The summed E-state index contributed by atoms with van der Waals surface area (Å²) in [5.41, 5.74) is 1.49. The van der Waals surface area contributed by atoms with E-state index in [1.54, 1.807) is 20.8 Å². The zero-order valence-corrected chi connectivity index (χ0v) is 12.3.